The fourth-order valence-corrected chi connectivity index (χ4v) is 5.66. The van der Waals surface area contributed by atoms with Crippen molar-refractivity contribution in [2.24, 2.45) is 0 Å². The van der Waals surface area contributed by atoms with Gasteiger partial charge in [0.1, 0.15) is 7.14 Å². The van der Waals surface area contributed by atoms with E-state index in [-0.39, 0.29) is 6.10 Å². The summed E-state index contributed by atoms with van der Waals surface area (Å²) in [7, 11) is -2.60. The van der Waals surface area contributed by atoms with Crippen LogP contribution in [-0.2, 0) is 9.30 Å². The molecule has 0 saturated carbocycles. The van der Waals surface area contributed by atoms with E-state index in [0.29, 0.717) is 6.16 Å². The van der Waals surface area contributed by atoms with E-state index in [9.17, 15) is 4.57 Å². The molecule has 20 heavy (non-hydrogen) atoms. The zero-order chi connectivity index (χ0) is 13.8. The van der Waals surface area contributed by atoms with Crippen LogP contribution in [0.3, 0.4) is 0 Å². The number of hydrogen-bond donors (Lipinski definition) is 0. The van der Waals surface area contributed by atoms with Gasteiger partial charge in [0.25, 0.3) is 0 Å². The lowest BCUT2D eigenvalue weighted by molar-refractivity contribution is 0.127. The minimum atomic E-state index is -2.60. The summed E-state index contributed by atoms with van der Waals surface area (Å²) in [5.41, 5.74) is 0. The van der Waals surface area contributed by atoms with Crippen LogP contribution >= 0.6 is 7.14 Å². The van der Waals surface area contributed by atoms with Gasteiger partial charge in [0.15, 0.2) is 0 Å². The first-order chi connectivity index (χ1) is 9.79. The molecule has 0 bridgehead atoms. The lowest BCUT2D eigenvalue weighted by Crippen LogP contribution is -2.24. The summed E-state index contributed by atoms with van der Waals surface area (Å²) >= 11 is 0. The largest absolute Gasteiger partial charge is 0.378 e. The van der Waals surface area contributed by atoms with Gasteiger partial charge < -0.3 is 9.30 Å². The molecule has 3 heteroatoms. The van der Waals surface area contributed by atoms with E-state index in [2.05, 4.69) is 0 Å². The van der Waals surface area contributed by atoms with Gasteiger partial charge in [0.05, 0.1) is 6.10 Å². The second-order valence-electron chi connectivity index (χ2n) is 5.23. The predicted molar refractivity (Wildman–Crippen MR) is 83.6 cm³/mol. The Balaban J connectivity index is 2.00. The van der Waals surface area contributed by atoms with E-state index in [4.69, 9.17) is 4.74 Å². The molecule has 2 aromatic rings. The topological polar surface area (TPSA) is 26.3 Å². The maximum absolute atomic E-state index is 13.7. The number of ether oxygens (including phenoxy) is 1. The second kappa shape index (κ2) is 5.95. The van der Waals surface area contributed by atoms with Gasteiger partial charge in [-0.1, -0.05) is 60.7 Å². The highest BCUT2D eigenvalue weighted by Crippen LogP contribution is 2.45. The van der Waals surface area contributed by atoms with Crippen LogP contribution in [0, 0.1) is 0 Å². The van der Waals surface area contributed by atoms with Crippen molar-refractivity contribution in [2.45, 2.75) is 18.9 Å². The lowest BCUT2D eigenvalue weighted by atomic mass is 10.3. The van der Waals surface area contributed by atoms with Crippen LogP contribution in [0.25, 0.3) is 0 Å². The lowest BCUT2D eigenvalue weighted by Gasteiger charge is -2.22. The van der Waals surface area contributed by atoms with Gasteiger partial charge in [-0.05, 0) is 12.8 Å². The normalized spacial score (nSPS) is 19.1. The van der Waals surface area contributed by atoms with Crippen molar-refractivity contribution in [3.8, 4) is 0 Å². The number of hydrogen-bond acceptors (Lipinski definition) is 2. The van der Waals surface area contributed by atoms with Crippen molar-refractivity contribution in [2.75, 3.05) is 12.8 Å². The molecule has 3 rings (SSSR count). The molecule has 0 unspecified atom stereocenters. The summed E-state index contributed by atoms with van der Waals surface area (Å²) in [5.74, 6) is 0. The Hall–Kier alpha value is -1.37. The Labute approximate surface area is 120 Å². The molecule has 2 aromatic carbocycles. The van der Waals surface area contributed by atoms with E-state index >= 15 is 0 Å². The molecule has 2 nitrogen and oxygen atoms in total. The first kappa shape index (κ1) is 13.6. The van der Waals surface area contributed by atoms with Crippen LogP contribution in [0.15, 0.2) is 60.7 Å². The quantitative estimate of drug-likeness (QED) is 0.807. The molecule has 1 aliphatic heterocycles. The Morgan fingerprint density at radius 1 is 0.950 bits per heavy atom. The van der Waals surface area contributed by atoms with Gasteiger partial charge in [0.2, 0.25) is 0 Å². The molecule has 1 heterocycles. The van der Waals surface area contributed by atoms with Crippen molar-refractivity contribution >= 4 is 17.8 Å². The first-order valence-electron chi connectivity index (χ1n) is 7.11. The van der Waals surface area contributed by atoms with E-state index in [0.717, 1.165) is 30.1 Å². The Morgan fingerprint density at radius 2 is 1.50 bits per heavy atom. The average Bonchev–Trinajstić information content (AvgIpc) is 3.02. The van der Waals surface area contributed by atoms with Gasteiger partial charge in [-0.2, -0.15) is 0 Å². The molecule has 1 saturated heterocycles. The third-order valence-electron chi connectivity index (χ3n) is 3.83. The standard InChI is InChI=1S/C17H19O2P/c18-20(14-15-8-7-13-19-15,16-9-3-1-4-10-16)17-11-5-2-6-12-17/h1-6,9-12,15H,7-8,13-14H2/t15-/m1/s1. The van der Waals surface area contributed by atoms with E-state index in [1.807, 2.05) is 60.7 Å². The van der Waals surface area contributed by atoms with Gasteiger partial charge in [-0.25, -0.2) is 0 Å². The Morgan fingerprint density at radius 3 is 1.95 bits per heavy atom. The highest BCUT2D eigenvalue weighted by molar-refractivity contribution is 7.78. The molecule has 0 amide bonds. The van der Waals surface area contributed by atoms with Crippen LogP contribution in [0.5, 0.6) is 0 Å². The SMILES string of the molecule is O=P(C[C@H]1CCCO1)(c1ccccc1)c1ccccc1. The van der Waals surface area contributed by atoms with Gasteiger partial charge in [-0.3, -0.25) is 0 Å². The highest BCUT2D eigenvalue weighted by Gasteiger charge is 2.32. The van der Waals surface area contributed by atoms with Gasteiger partial charge in [0, 0.05) is 23.4 Å². The van der Waals surface area contributed by atoms with Crippen LogP contribution in [0.2, 0.25) is 0 Å². The molecular formula is C17H19O2P. The fraction of sp³-hybridized carbons (Fsp3) is 0.294. The summed E-state index contributed by atoms with van der Waals surface area (Å²) < 4.78 is 19.4. The Bertz CT molecular complexity index is 545. The van der Waals surface area contributed by atoms with Crippen LogP contribution in [0.4, 0.5) is 0 Å². The highest BCUT2D eigenvalue weighted by atomic mass is 31.2. The maximum Gasteiger partial charge on any atom is 0.145 e. The Kier molecular flexibility index (Phi) is 4.05. The summed E-state index contributed by atoms with van der Waals surface area (Å²) in [6.07, 6.45) is 2.83. The summed E-state index contributed by atoms with van der Waals surface area (Å²) in [6, 6.07) is 19.7. The van der Waals surface area contributed by atoms with Crippen LogP contribution in [0.1, 0.15) is 12.8 Å². The molecule has 0 aromatic heterocycles. The van der Waals surface area contributed by atoms with Gasteiger partial charge >= 0.3 is 0 Å². The third-order valence-corrected chi connectivity index (χ3v) is 7.02. The molecule has 1 fully saturated rings. The zero-order valence-electron chi connectivity index (χ0n) is 11.4. The fourth-order valence-electron chi connectivity index (χ4n) is 2.77. The second-order valence-corrected chi connectivity index (χ2v) is 8.11. The van der Waals surface area contributed by atoms with Crippen molar-refractivity contribution in [1.82, 2.24) is 0 Å². The average molecular weight is 286 g/mol. The molecule has 1 atom stereocenters. The zero-order valence-corrected chi connectivity index (χ0v) is 12.3. The molecular weight excluding hydrogens is 267 g/mol. The minimum absolute atomic E-state index is 0.126. The predicted octanol–water partition coefficient (Wildman–Crippen LogP) is 3.18. The smallest absolute Gasteiger partial charge is 0.145 e. The molecule has 0 aliphatic carbocycles. The monoisotopic (exact) mass is 286 g/mol. The van der Waals surface area contributed by atoms with E-state index < -0.39 is 7.14 Å². The summed E-state index contributed by atoms with van der Waals surface area (Å²) in [6.45, 7) is 0.800. The summed E-state index contributed by atoms with van der Waals surface area (Å²) in [4.78, 5) is 0. The van der Waals surface area contributed by atoms with Crippen molar-refractivity contribution < 1.29 is 9.30 Å². The van der Waals surface area contributed by atoms with Crippen molar-refractivity contribution in [1.29, 1.82) is 0 Å². The van der Waals surface area contributed by atoms with E-state index in [1.54, 1.807) is 0 Å². The van der Waals surface area contributed by atoms with Gasteiger partial charge in [-0.15, -0.1) is 0 Å². The van der Waals surface area contributed by atoms with Crippen molar-refractivity contribution in [3.63, 3.8) is 0 Å². The molecule has 0 N–H and O–H groups in total. The maximum atomic E-state index is 13.7. The van der Waals surface area contributed by atoms with Crippen LogP contribution in [-0.4, -0.2) is 18.9 Å². The molecule has 104 valence electrons. The minimum Gasteiger partial charge on any atom is -0.378 e. The first-order valence-corrected chi connectivity index (χ1v) is 9.00. The third kappa shape index (κ3) is 2.72. The van der Waals surface area contributed by atoms with E-state index in [1.165, 1.54) is 0 Å². The number of benzene rings is 2. The van der Waals surface area contributed by atoms with Crippen LogP contribution < -0.4 is 10.6 Å². The molecule has 1 aliphatic rings. The molecule has 0 radical (unpaired) electrons. The number of rotatable bonds is 4. The van der Waals surface area contributed by atoms with Crippen molar-refractivity contribution in [3.05, 3.63) is 60.7 Å². The molecule has 0 spiro atoms. The summed E-state index contributed by atoms with van der Waals surface area (Å²) in [5, 5.41) is 1.86.